The molecule has 2 rings (SSSR count). The molecule has 0 bridgehead atoms. The van der Waals surface area contributed by atoms with Crippen molar-refractivity contribution in [3.63, 3.8) is 0 Å². The Labute approximate surface area is 186 Å². The maximum Gasteiger partial charge on any atom is 0.265 e. The van der Waals surface area contributed by atoms with Gasteiger partial charge in [-0.15, -0.1) is 0 Å². The number of carbonyl (C=O) groups is 2. The molecule has 1 aliphatic rings. The molecule has 1 aromatic rings. The Hall–Kier alpha value is -1.96. The second kappa shape index (κ2) is 15.8. The predicted octanol–water partition coefficient (Wildman–Crippen LogP) is 3.34. The van der Waals surface area contributed by atoms with Gasteiger partial charge >= 0.3 is 0 Å². The highest BCUT2D eigenvalue weighted by Crippen LogP contribution is 2.15. The standard InChI is InChI=1S/C24H39N3O4/c1-2-3-6-15-30-16-7-4-5-14-26-27-24(29)21-10-8-20(9-11-21)19-25-23(28)22-12-17-31-18-13-22/h8-11,22,26H,2-7,12-19H2,1H3,(H,25,28)(H,27,29). The SMILES string of the molecule is CCCCCOCCCCCNNC(=O)c1ccc(CNC(=O)C2CCOCC2)cc1. The molecular formula is C24H39N3O4. The molecule has 0 aliphatic carbocycles. The summed E-state index contributed by atoms with van der Waals surface area (Å²) < 4.78 is 10.9. The Morgan fingerprint density at radius 3 is 2.42 bits per heavy atom. The molecule has 0 spiro atoms. The zero-order valence-electron chi connectivity index (χ0n) is 18.9. The van der Waals surface area contributed by atoms with E-state index in [1.54, 1.807) is 12.1 Å². The lowest BCUT2D eigenvalue weighted by atomic mass is 9.99. The number of hydrogen-bond donors (Lipinski definition) is 3. The molecule has 1 aliphatic heterocycles. The van der Waals surface area contributed by atoms with Crippen LogP contribution in [0.15, 0.2) is 24.3 Å². The average Bonchev–Trinajstić information content (AvgIpc) is 2.81. The van der Waals surface area contributed by atoms with Gasteiger partial charge in [-0.25, -0.2) is 5.43 Å². The largest absolute Gasteiger partial charge is 0.381 e. The number of hydrazine groups is 1. The van der Waals surface area contributed by atoms with E-state index in [1.165, 1.54) is 12.8 Å². The first-order valence-electron chi connectivity index (χ1n) is 11.8. The Morgan fingerprint density at radius 2 is 1.71 bits per heavy atom. The fourth-order valence-corrected chi connectivity index (χ4v) is 3.43. The Balaban J connectivity index is 1.52. The van der Waals surface area contributed by atoms with Crippen molar-refractivity contribution in [2.24, 2.45) is 5.92 Å². The molecule has 0 atom stereocenters. The Morgan fingerprint density at radius 1 is 1.00 bits per heavy atom. The Bertz CT molecular complexity index is 630. The van der Waals surface area contributed by atoms with E-state index in [2.05, 4.69) is 23.1 Å². The van der Waals surface area contributed by atoms with E-state index in [-0.39, 0.29) is 17.7 Å². The third kappa shape index (κ3) is 10.8. The fourth-order valence-electron chi connectivity index (χ4n) is 3.43. The zero-order chi connectivity index (χ0) is 22.2. The van der Waals surface area contributed by atoms with Crippen LogP contribution in [0.4, 0.5) is 0 Å². The van der Waals surface area contributed by atoms with Crippen LogP contribution in [-0.2, 0) is 20.8 Å². The molecule has 0 aromatic heterocycles. The van der Waals surface area contributed by atoms with Crippen LogP contribution in [0.25, 0.3) is 0 Å². The molecule has 1 saturated heterocycles. The van der Waals surface area contributed by atoms with Crippen molar-refractivity contribution >= 4 is 11.8 Å². The van der Waals surface area contributed by atoms with E-state index in [4.69, 9.17) is 9.47 Å². The zero-order valence-corrected chi connectivity index (χ0v) is 18.9. The smallest absolute Gasteiger partial charge is 0.265 e. The van der Waals surface area contributed by atoms with Gasteiger partial charge in [0.15, 0.2) is 0 Å². The number of amides is 2. The summed E-state index contributed by atoms with van der Waals surface area (Å²) >= 11 is 0. The molecule has 0 saturated carbocycles. The minimum absolute atomic E-state index is 0.0446. The van der Waals surface area contributed by atoms with Crippen LogP contribution in [0.1, 0.15) is 74.2 Å². The molecule has 1 aromatic carbocycles. The summed E-state index contributed by atoms with van der Waals surface area (Å²) in [4.78, 5) is 24.4. The minimum atomic E-state index is -0.156. The number of hydrogen-bond acceptors (Lipinski definition) is 5. The van der Waals surface area contributed by atoms with Crippen LogP contribution in [0.5, 0.6) is 0 Å². The second-order valence-corrected chi connectivity index (χ2v) is 8.06. The van der Waals surface area contributed by atoms with E-state index in [9.17, 15) is 9.59 Å². The van der Waals surface area contributed by atoms with Gasteiger partial charge in [-0.05, 0) is 56.2 Å². The molecule has 1 heterocycles. The van der Waals surface area contributed by atoms with Gasteiger partial charge < -0.3 is 14.8 Å². The first kappa shape index (κ1) is 25.3. The first-order chi connectivity index (χ1) is 15.2. The molecule has 31 heavy (non-hydrogen) atoms. The molecule has 174 valence electrons. The van der Waals surface area contributed by atoms with Gasteiger partial charge in [-0.3, -0.25) is 15.0 Å². The van der Waals surface area contributed by atoms with Gasteiger partial charge in [0, 0.05) is 51.0 Å². The second-order valence-electron chi connectivity index (χ2n) is 8.06. The van der Waals surface area contributed by atoms with Crippen molar-refractivity contribution in [2.45, 2.75) is 64.8 Å². The number of unbranched alkanes of at least 4 members (excludes halogenated alkanes) is 4. The van der Waals surface area contributed by atoms with Crippen LogP contribution in [0, 0.1) is 5.92 Å². The van der Waals surface area contributed by atoms with Crippen molar-refractivity contribution in [1.29, 1.82) is 0 Å². The number of ether oxygens (including phenoxy) is 2. The summed E-state index contributed by atoms with van der Waals surface area (Å²) in [7, 11) is 0. The van der Waals surface area contributed by atoms with Crippen molar-refractivity contribution in [3.05, 3.63) is 35.4 Å². The molecule has 1 fully saturated rings. The predicted molar refractivity (Wildman–Crippen MR) is 121 cm³/mol. The maximum absolute atomic E-state index is 12.2. The number of nitrogens with one attached hydrogen (secondary N) is 3. The van der Waals surface area contributed by atoms with Crippen molar-refractivity contribution in [1.82, 2.24) is 16.2 Å². The van der Waals surface area contributed by atoms with Crippen LogP contribution in [-0.4, -0.2) is 44.8 Å². The molecular weight excluding hydrogens is 394 g/mol. The molecule has 0 radical (unpaired) electrons. The average molecular weight is 434 g/mol. The third-order valence-corrected chi connectivity index (χ3v) is 5.46. The lowest BCUT2D eigenvalue weighted by molar-refractivity contribution is -0.128. The third-order valence-electron chi connectivity index (χ3n) is 5.46. The van der Waals surface area contributed by atoms with E-state index in [0.717, 1.165) is 63.8 Å². The van der Waals surface area contributed by atoms with Gasteiger partial charge in [0.25, 0.3) is 5.91 Å². The van der Waals surface area contributed by atoms with E-state index in [1.807, 2.05) is 12.1 Å². The van der Waals surface area contributed by atoms with E-state index in [0.29, 0.717) is 25.3 Å². The summed E-state index contributed by atoms with van der Waals surface area (Å²) in [6.07, 6.45) is 8.29. The van der Waals surface area contributed by atoms with Crippen molar-refractivity contribution < 1.29 is 19.1 Å². The van der Waals surface area contributed by atoms with Gasteiger partial charge in [-0.1, -0.05) is 31.9 Å². The monoisotopic (exact) mass is 433 g/mol. The molecule has 7 heteroatoms. The summed E-state index contributed by atoms with van der Waals surface area (Å²) in [5.41, 5.74) is 7.29. The topological polar surface area (TPSA) is 88.7 Å². The fraction of sp³-hybridized carbons (Fsp3) is 0.667. The summed E-state index contributed by atoms with van der Waals surface area (Å²) in [5.74, 6) is -0.0300. The molecule has 3 N–H and O–H groups in total. The molecule has 2 amide bonds. The normalized spacial score (nSPS) is 14.4. The molecule has 0 unspecified atom stereocenters. The highest BCUT2D eigenvalue weighted by molar-refractivity contribution is 5.93. The van der Waals surface area contributed by atoms with Crippen LogP contribution in [0.3, 0.4) is 0 Å². The van der Waals surface area contributed by atoms with Gasteiger partial charge in [-0.2, -0.15) is 0 Å². The van der Waals surface area contributed by atoms with Gasteiger partial charge in [0.2, 0.25) is 5.91 Å². The maximum atomic E-state index is 12.2. The first-order valence-corrected chi connectivity index (χ1v) is 11.8. The van der Waals surface area contributed by atoms with Crippen LogP contribution < -0.4 is 16.2 Å². The van der Waals surface area contributed by atoms with Crippen molar-refractivity contribution in [3.8, 4) is 0 Å². The highest BCUT2D eigenvalue weighted by atomic mass is 16.5. The van der Waals surface area contributed by atoms with E-state index >= 15 is 0 Å². The number of carbonyl (C=O) groups excluding carboxylic acids is 2. The number of rotatable bonds is 15. The van der Waals surface area contributed by atoms with Gasteiger partial charge in [0.1, 0.15) is 0 Å². The lowest BCUT2D eigenvalue weighted by Gasteiger charge is -2.21. The Kier molecular flexibility index (Phi) is 12.9. The highest BCUT2D eigenvalue weighted by Gasteiger charge is 2.21. The van der Waals surface area contributed by atoms with Crippen LogP contribution >= 0.6 is 0 Å². The number of benzene rings is 1. The summed E-state index contributed by atoms with van der Waals surface area (Å²) in [6.45, 7) is 6.39. The molecule has 7 nitrogen and oxygen atoms in total. The van der Waals surface area contributed by atoms with Crippen LogP contribution in [0.2, 0.25) is 0 Å². The van der Waals surface area contributed by atoms with E-state index < -0.39 is 0 Å². The minimum Gasteiger partial charge on any atom is -0.381 e. The van der Waals surface area contributed by atoms with Crippen molar-refractivity contribution in [2.75, 3.05) is 33.0 Å². The summed E-state index contributed by atoms with van der Waals surface area (Å²) in [5, 5.41) is 2.98. The quantitative estimate of drug-likeness (QED) is 0.292. The summed E-state index contributed by atoms with van der Waals surface area (Å²) in [6, 6.07) is 7.31. The van der Waals surface area contributed by atoms with Gasteiger partial charge in [0.05, 0.1) is 0 Å². The lowest BCUT2D eigenvalue weighted by Crippen LogP contribution is -2.38.